The predicted octanol–water partition coefficient (Wildman–Crippen LogP) is 1.57. The van der Waals surface area contributed by atoms with Crippen molar-refractivity contribution in [3.63, 3.8) is 0 Å². The van der Waals surface area contributed by atoms with Crippen LogP contribution in [0, 0.1) is 0 Å². The van der Waals surface area contributed by atoms with Gasteiger partial charge in [0.15, 0.2) is 0 Å². The zero-order valence-electron chi connectivity index (χ0n) is 14.3. The average molecular weight is 337 g/mol. The van der Waals surface area contributed by atoms with Crippen LogP contribution in [0.2, 0.25) is 0 Å². The van der Waals surface area contributed by atoms with Crippen molar-refractivity contribution in [3.8, 4) is 11.3 Å². The topological polar surface area (TPSA) is 75.3 Å². The molecular weight excluding hydrogens is 314 g/mol. The molecule has 2 aliphatic rings. The Hall–Kier alpha value is -2.47. The van der Waals surface area contributed by atoms with Crippen molar-refractivity contribution < 1.29 is 4.79 Å². The van der Waals surface area contributed by atoms with Crippen LogP contribution in [0.3, 0.4) is 0 Å². The summed E-state index contributed by atoms with van der Waals surface area (Å²) in [5, 5.41) is 0. The van der Waals surface area contributed by atoms with Crippen LogP contribution < -0.4 is 5.73 Å². The fourth-order valence-electron chi connectivity index (χ4n) is 3.80. The Bertz CT molecular complexity index is 764. The van der Waals surface area contributed by atoms with E-state index in [-0.39, 0.29) is 12.3 Å². The zero-order valence-corrected chi connectivity index (χ0v) is 14.3. The Morgan fingerprint density at radius 2 is 2.16 bits per heavy atom. The van der Waals surface area contributed by atoms with Crippen molar-refractivity contribution in [2.75, 3.05) is 31.9 Å². The summed E-state index contributed by atoms with van der Waals surface area (Å²) < 4.78 is 0. The summed E-state index contributed by atoms with van der Waals surface area (Å²) in [6.07, 6.45) is 6.19. The van der Waals surface area contributed by atoms with Crippen LogP contribution in [0.15, 0.2) is 36.7 Å². The lowest BCUT2D eigenvalue weighted by Gasteiger charge is -2.37. The minimum atomic E-state index is 0.120. The maximum absolute atomic E-state index is 12.8. The molecule has 2 saturated heterocycles. The summed E-state index contributed by atoms with van der Waals surface area (Å²) in [7, 11) is 0. The van der Waals surface area contributed by atoms with Gasteiger partial charge in [0, 0.05) is 43.6 Å². The van der Waals surface area contributed by atoms with Gasteiger partial charge in [-0.3, -0.25) is 19.7 Å². The molecule has 130 valence electrons. The fourth-order valence-corrected chi connectivity index (χ4v) is 3.80. The molecule has 1 atom stereocenters. The highest BCUT2D eigenvalue weighted by Crippen LogP contribution is 2.23. The van der Waals surface area contributed by atoms with Gasteiger partial charge in [-0.2, -0.15) is 0 Å². The second kappa shape index (κ2) is 6.80. The van der Waals surface area contributed by atoms with Crippen molar-refractivity contribution in [2.24, 2.45) is 0 Å². The summed E-state index contributed by atoms with van der Waals surface area (Å²) in [5.41, 5.74) is 9.02. The predicted molar refractivity (Wildman–Crippen MR) is 96.8 cm³/mol. The highest BCUT2D eigenvalue weighted by molar-refractivity contribution is 5.80. The number of amides is 1. The maximum Gasteiger partial charge on any atom is 0.228 e. The summed E-state index contributed by atoms with van der Waals surface area (Å²) >= 11 is 0. The molecule has 1 unspecified atom stereocenters. The number of carbonyl (C=O) groups excluding carboxylic acids is 1. The SMILES string of the molecule is Nc1ccc(-c2cccnc2)nc1CC(=O)N1CCN2CCCC2C1. The smallest absolute Gasteiger partial charge is 0.228 e. The molecule has 0 spiro atoms. The lowest BCUT2D eigenvalue weighted by atomic mass is 10.1. The first-order valence-electron chi connectivity index (χ1n) is 8.88. The Morgan fingerprint density at radius 1 is 1.24 bits per heavy atom. The van der Waals surface area contributed by atoms with E-state index in [2.05, 4.69) is 14.9 Å². The molecule has 0 bridgehead atoms. The number of fused-ring (bicyclic) bond motifs is 1. The Morgan fingerprint density at radius 3 is 3.00 bits per heavy atom. The summed E-state index contributed by atoms with van der Waals surface area (Å²) in [6, 6.07) is 8.06. The molecule has 4 heterocycles. The van der Waals surface area contributed by atoms with Gasteiger partial charge in [-0.15, -0.1) is 0 Å². The van der Waals surface area contributed by atoms with Crippen LogP contribution in [-0.2, 0) is 11.2 Å². The molecular formula is C19H23N5O. The number of anilines is 1. The van der Waals surface area contributed by atoms with E-state index in [0.29, 0.717) is 17.4 Å². The third-order valence-electron chi connectivity index (χ3n) is 5.23. The molecule has 4 rings (SSSR count). The van der Waals surface area contributed by atoms with E-state index in [0.717, 1.165) is 30.9 Å². The molecule has 2 aromatic rings. The minimum absolute atomic E-state index is 0.120. The maximum atomic E-state index is 12.8. The lowest BCUT2D eigenvalue weighted by Crippen LogP contribution is -2.52. The van der Waals surface area contributed by atoms with E-state index in [1.165, 1.54) is 19.4 Å². The fraction of sp³-hybridized carbons (Fsp3) is 0.421. The first kappa shape index (κ1) is 16.0. The van der Waals surface area contributed by atoms with Crippen molar-refractivity contribution >= 4 is 11.6 Å². The standard InChI is InChI=1S/C19H23N5O/c20-16-5-6-17(14-3-1-7-21-12-14)22-18(16)11-19(25)24-10-9-23-8-2-4-15(23)13-24/h1,3,5-7,12,15H,2,4,8-11,13,20H2. The van der Waals surface area contributed by atoms with Gasteiger partial charge in [0.1, 0.15) is 0 Å². The molecule has 2 aliphatic heterocycles. The molecule has 2 fully saturated rings. The van der Waals surface area contributed by atoms with E-state index in [4.69, 9.17) is 5.73 Å². The number of nitrogens with two attached hydrogens (primary N) is 1. The molecule has 0 radical (unpaired) electrons. The van der Waals surface area contributed by atoms with Crippen molar-refractivity contribution in [2.45, 2.75) is 25.3 Å². The van der Waals surface area contributed by atoms with Crippen molar-refractivity contribution in [3.05, 3.63) is 42.4 Å². The highest BCUT2D eigenvalue weighted by Gasteiger charge is 2.32. The quantitative estimate of drug-likeness (QED) is 0.920. The largest absolute Gasteiger partial charge is 0.397 e. The molecule has 0 aromatic carbocycles. The number of nitrogen functional groups attached to an aromatic ring is 1. The second-order valence-corrected chi connectivity index (χ2v) is 6.82. The van der Waals surface area contributed by atoms with Crippen molar-refractivity contribution in [1.29, 1.82) is 0 Å². The third kappa shape index (κ3) is 3.35. The Balaban J connectivity index is 1.49. The Kier molecular flexibility index (Phi) is 4.36. The third-order valence-corrected chi connectivity index (χ3v) is 5.23. The van der Waals surface area contributed by atoms with Crippen LogP contribution in [0.25, 0.3) is 11.3 Å². The first-order valence-corrected chi connectivity index (χ1v) is 8.88. The number of carbonyl (C=O) groups is 1. The number of piperazine rings is 1. The monoisotopic (exact) mass is 337 g/mol. The van der Waals surface area contributed by atoms with E-state index >= 15 is 0 Å². The number of hydrogen-bond donors (Lipinski definition) is 1. The van der Waals surface area contributed by atoms with Crippen LogP contribution in [0.4, 0.5) is 5.69 Å². The molecule has 1 amide bonds. The zero-order chi connectivity index (χ0) is 17.2. The number of hydrogen-bond acceptors (Lipinski definition) is 5. The molecule has 25 heavy (non-hydrogen) atoms. The Labute approximate surface area is 147 Å². The first-order chi connectivity index (χ1) is 12.2. The lowest BCUT2D eigenvalue weighted by molar-refractivity contribution is -0.133. The van der Waals surface area contributed by atoms with Gasteiger partial charge >= 0.3 is 0 Å². The number of rotatable bonds is 3. The van der Waals surface area contributed by atoms with Crippen LogP contribution in [-0.4, -0.2) is 57.9 Å². The van der Waals surface area contributed by atoms with Gasteiger partial charge in [0.2, 0.25) is 5.91 Å². The van der Waals surface area contributed by atoms with E-state index < -0.39 is 0 Å². The number of nitrogens with zero attached hydrogens (tertiary/aromatic N) is 4. The second-order valence-electron chi connectivity index (χ2n) is 6.82. The van der Waals surface area contributed by atoms with Gasteiger partial charge in [-0.05, 0) is 43.7 Å². The van der Waals surface area contributed by atoms with Gasteiger partial charge in [-0.25, -0.2) is 0 Å². The van der Waals surface area contributed by atoms with Crippen LogP contribution in [0.5, 0.6) is 0 Å². The molecule has 2 N–H and O–H groups in total. The molecule has 6 nitrogen and oxygen atoms in total. The molecule has 0 saturated carbocycles. The van der Waals surface area contributed by atoms with Gasteiger partial charge in [0.25, 0.3) is 0 Å². The van der Waals surface area contributed by atoms with Crippen LogP contribution in [0.1, 0.15) is 18.5 Å². The van der Waals surface area contributed by atoms with Crippen molar-refractivity contribution in [1.82, 2.24) is 19.8 Å². The normalized spacial score (nSPS) is 20.5. The molecule has 0 aliphatic carbocycles. The van der Waals surface area contributed by atoms with E-state index in [9.17, 15) is 4.79 Å². The molecule has 6 heteroatoms. The van der Waals surface area contributed by atoms with Gasteiger partial charge < -0.3 is 10.6 Å². The minimum Gasteiger partial charge on any atom is -0.397 e. The molecule has 2 aromatic heterocycles. The summed E-state index contributed by atoms with van der Waals surface area (Å²) in [4.78, 5) is 26.0. The average Bonchev–Trinajstić information content (AvgIpc) is 3.12. The van der Waals surface area contributed by atoms with Crippen LogP contribution >= 0.6 is 0 Å². The van der Waals surface area contributed by atoms with Gasteiger partial charge in [0.05, 0.1) is 23.5 Å². The summed E-state index contributed by atoms with van der Waals surface area (Å²) in [5.74, 6) is 0.120. The van der Waals surface area contributed by atoms with E-state index in [1.807, 2.05) is 29.2 Å². The highest BCUT2D eigenvalue weighted by atomic mass is 16.2. The van der Waals surface area contributed by atoms with E-state index in [1.54, 1.807) is 12.4 Å². The van der Waals surface area contributed by atoms with Gasteiger partial charge in [-0.1, -0.05) is 0 Å². The summed E-state index contributed by atoms with van der Waals surface area (Å²) in [6.45, 7) is 3.79. The number of aromatic nitrogens is 2. The number of pyridine rings is 2.